The van der Waals surface area contributed by atoms with Gasteiger partial charge in [0.2, 0.25) is 0 Å². The number of amides is 1. The number of carbonyl (C=O) groups excluding carboxylic acids is 1. The fraction of sp³-hybridized carbons (Fsp3) is 0.417. The number of aliphatic hydroxyl groups excluding tert-OH is 1. The van der Waals surface area contributed by atoms with Crippen molar-refractivity contribution in [2.75, 3.05) is 12.3 Å². The molecule has 0 heterocycles. The molecule has 1 aromatic rings. The van der Waals surface area contributed by atoms with Crippen LogP contribution in [0, 0.1) is 11.7 Å². The first-order valence-electron chi connectivity index (χ1n) is 5.42. The van der Waals surface area contributed by atoms with Gasteiger partial charge >= 0.3 is 0 Å². The molecule has 0 aromatic heterocycles. The van der Waals surface area contributed by atoms with Crippen molar-refractivity contribution >= 4 is 11.6 Å². The van der Waals surface area contributed by atoms with E-state index in [1.165, 1.54) is 12.1 Å². The Morgan fingerprint density at radius 3 is 2.71 bits per heavy atom. The molecule has 0 fully saturated rings. The van der Waals surface area contributed by atoms with Gasteiger partial charge in [-0.3, -0.25) is 4.79 Å². The minimum absolute atomic E-state index is 0.0822. The minimum atomic E-state index is -0.519. The highest BCUT2D eigenvalue weighted by atomic mass is 19.1. The third-order valence-corrected chi connectivity index (χ3v) is 2.58. The Morgan fingerprint density at radius 1 is 1.53 bits per heavy atom. The fourth-order valence-corrected chi connectivity index (χ4v) is 1.39. The van der Waals surface area contributed by atoms with E-state index in [2.05, 4.69) is 5.32 Å². The second kappa shape index (κ2) is 5.63. The van der Waals surface area contributed by atoms with Crippen molar-refractivity contribution in [2.45, 2.75) is 19.9 Å². The zero-order valence-electron chi connectivity index (χ0n) is 9.90. The number of carbonyl (C=O) groups is 1. The average Bonchev–Trinajstić information content (AvgIpc) is 2.28. The highest BCUT2D eigenvalue weighted by Gasteiger charge is 2.18. The number of halogens is 1. The summed E-state index contributed by atoms with van der Waals surface area (Å²) in [6, 6.07) is 3.25. The normalized spacial score (nSPS) is 12.5. The maximum atomic E-state index is 13.0. The quantitative estimate of drug-likeness (QED) is 0.691. The number of nitrogens with one attached hydrogen (secondary N) is 1. The minimum Gasteiger partial charge on any atom is -0.398 e. The van der Waals surface area contributed by atoms with Gasteiger partial charge in [-0.15, -0.1) is 0 Å². The second-order valence-electron chi connectivity index (χ2n) is 4.24. The topological polar surface area (TPSA) is 75.3 Å². The first-order valence-corrected chi connectivity index (χ1v) is 5.42. The maximum absolute atomic E-state index is 13.0. The van der Waals surface area contributed by atoms with Crippen LogP contribution in [0.5, 0.6) is 0 Å². The number of benzene rings is 1. The largest absolute Gasteiger partial charge is 0.398 e. The lowest BCUT2D eigenvalue weighted by Gasteiger charge is -2.20. The predicted octanol–water partition coefficient (Wildman–Crippen LogP) is 1.15. The third-order valence-electron chi connectivity index (χ3n) is 2.58. The lowest BCUT2D eigenvalue weighted by molar-refractivity contribution is 0.0897. The Bertz CT molecular complexity index is 407. The molecule has 0 saturated carbocycles. The van der Waals surface area contributed by atoms with Crippen molar-refractivity contribution in [1.29, 1.82) is 0 Å². The Labute approximate surface area is 99.6 Å². The number of hydrogen-bond donors (Lipinski definition) is 3. The van der Waals surface area contributed by atoms with Crippen molar-refractivity contribution in [3.8, 4) is 0 Å². The van der Waals surface area contributed by atoms with Gasteiger partial charge in [0.05, 0.1) is 18.2 Å². The molecule has 0 aliphatic heterocycles. The van der Waals surface area contributed by atoms with E-state index in [1.54, 1.807) is 0 Å². The van der Waals surface area contributed by atoms with Gasteiger partial charge in [0.25, 0.3) is 5.91 Å². The van der Waals surface area contributed by atoms with E-state index in [0.717, 1.165) is 6.07 Å². The molecule has 94 valence electrons. The van der Waals surface area contributed by atoms with Crippen LogP contribution in [0.4, 0.5) is 10.1 Å². The summed E-state index contributed by atoms with van der Waals surface area (Å²) in [7, 11) is 0. The third kappa shape index (κ3) is 3.42. The van der Waals surface area contributed by atoms with Gasteiger partial charge in [-0.25, -0.2) is 4.39 Å². The van der Waals surface area contributed by atoms with Crippen molar-refractivity contribution in [3.05, 3.63) is 29.6 Å². The van der Waals surface area contributed by atoms with Crippen LogP contribution >= 0.6 is 0 Å². The van der Waals surface area contributed by atoms with Gasteiger partial charge < -0.3 is 16.2 Å². The first-order chi connectivity index (χ1) is 7.95. The first kappa shape index (κ1) is 13.4. The van der Waals surface area contributed by atoms with Crippen LogP contribution in [-0.4, -0.2) is 23.7 Å². The lowest BCUT2D eigenvalue weighted by atomic mass is 10.0. The van der Waals surface area contributed by atoms with Crippen LogP contribution in [-0.2, 0) is 0 Å². The van der Waals surface area contributed by atoms with Crippen LogP contribution in [0.25, 0.3) is 0 Å². The van der Waals surface area contributed by atoms with E-state index in [9.17, 15) is 9.18 Å². The number of nitrogen functional groups attached to an aromatic ring is 1. The van der Waals surface area contributed by atoms with Crippen molar-refractivity contribution in [3.63, 3.8) is 0 Å². The van der Waals surface area contributed by atoms with Gasteiger partial charge in [-0.2, -0.15) is 0 Å². The summed E-state index contributed by atoms with van der Waals surface area (Å²) in [6.07, 6.45) is 0. The number of anilines is 1. The van der Waals surface area contributed by atoms with Gasteiger partial charge in [-0.05, 0) is 24.1 Å². The summed E-state index contributed by atoms with van der Waals surface area (Å²) >= 11 is 0. The van der Waals surface area contributed by atoms with Gasteiger partial charge in [0.1, 0.15) is 5.82 Å². The predicted molar refractivity (Wildman–Crippen MR) is 64.0 cm³/mol. The van der Waals surface area contributed by atoms with Crippen molar-refractivity contribution < 1.29 is 14.3 Å². The van der Waals surface area contributed by atoms with E-state index in [1.807, 2.05) is 13.8 Å². The van der Waals surface area contributed by atoms with E-state index < -0.39 is 11.7 Å². The van der Waals surface area contributed by atoms with Crippen LogP contribution in [0.15, 0.2) is 18.2 Å². The summed E-state index contributed by atoms with van der Waals surface area (Å²) in [4.78, 5) is 11.8. The second-order valence-corrected chi connectivity index (χ2v) is 4.24. The zero-order valence-corrected chi connectivity index (χ0v) is 9.90. The summed E-state index contributed by atoms with van der Waals surface area (Å²) in [6.45, 7) is 3.57. The standard InChI is InChI=1S/C12H17FN2O2/c1-7(2)11(6-16)15-12(17)9-5-8(13)3-4-10(9)14/h3-5,7,11,16H,6,14H2,1-2H3,(H,15,17)/t11-/m1/s1. The fourth-order valence-electron chi connectivity index (χ4n) is 1.39. The zero-order chi connectivity index (χ0) is 13.0. The van der Waals surface area contributed by atoms with Crippen LogP contribution in [0.3, 0.4) is 0 Å². The molecule has 1 rings (SSSR count). The van der Waals surface area contributed by atoms with Crippen LogP contribution in [0.2, 0.25) is 0 Å². The molecule has 4 N–H and O–H groups in total. The number of hydrogen-bond acceptors (Lipinski definition) is 3. The molecule has 0 spiro atoms. The number of nitrogens with two attached hydrogens (primary N) is 1. The molecule has 5 heteroatoms. The molecule has 0 aliphatic carbocycles. The maximum Gasteiger partial charge on any atom is 0.253 e. The molecular formula is C12H17FN2O2. The average molecular weight is 240 g/mol. The van der Waals surface area contributed by atoms with Crippen molar-refractivity contribution in [1.82, 2.24) is 5.32 Å². The monoisotopic (exact) mass is 240 g/mol. The van der Waals surface area contributed by atoms with E-state index in [0.29, 0.717) is 0 Å². The Kier molecular flexibility index (Phi) is 4.45. The molecule has 0 unspecified atom stereocenters. The highest BCUT2D eigenvalue weighted by molar-refractivity contribution is 5.99. The SMILES string of the molecule is CC(C)[C@@H](CO)NC(=O)c1cc(F)ccc1N. The molecule has 17 heavy (non-hydrogen) atoms. The Morgan fingerprint density at radius 2 is 2.18 bits per heavy atom. The van der Waals surface area contributed by atoms with Gasteiger partial charge in [-0.1, -0.05) is 13.8 Å². The molecule has 4 nitrogen and oxygen atoms in total. The smallest absolute Gasteiger partial charge is 0.253 e. The lowest BCUT2D eigenvalue weighted by Crippen LogP contribution is -2.41. The Hall–Kier alpha value is -1.62. The molecule has 0 bridgehead atoms. The highest BCUT2D eigenvalue weighted by Crippen LogP contribution is 2.14. The van der Waals surface area contributed by atoms with E-state index >= 15 is 0 Å². The molecule has 1 atom stereocenters. The summed E-state index contributed by atoms with van der Waals surface area (Å²) < 4.78 is 13.0. The number of rotatable bonds is 4. The summed E-state index contributed by atoms with van der Waals surface area (Å²) in [5, 5.41) is 11.7. The van der Waals surface area contributed by atoms with E-state index in [4.69, 9.17) is 10.8 Å². The van der Waals surface area contributed by atoms with Crippen molar-refractivity contribution in [2.24, 2.45) is 5.92 Å². The number of aliphatic hydroxyl groups is 1. The molecule has 0 aliphatic rings. The van der Waals surface area contributed by atoms with Gasteiger partial charge in [0.15, 0.2) is 0 Å². The Balaban J connectivity index is 2.86. The van der Waals surface area contributed by atoms with Gasteiger partial charge in [0, 0.05) is 5.69 Å². The molecule has 1 aromatic carbocycles. The van der Waals surface area contributed by atoms with Crippen LogP contribution in [0.1, 0.15) is 24.2 Å². The summed E-state index contributed by atoms with van der Waals surface area (Å²) in [5.74, 6) is -0.914. The summed E-state index contributed by atoms with van der Waals surface area (Å²) in [5.41, 5.74) is 5.89. The molecular weight excluding hydrogens is 223 g/mol. The molecule has 0 radical (unpaired) electrons. The molecule has 0 saturated heterocycles. The molecule has 1 amide bonds. The van der Waals surface area contributed by atoms with E-state index in [-0.39, 0.29) is 29.8 Å². The van der Waals surface area contributed by atoms with Crippen LogP contribution < -0.4 is 11.1 Å².